The lowest BCUT2D eigenvalue weighted by molar-refractivity contribution is -0.0459. The van der Waals surface area contributed by atoms with Crippen LogP contribution in [0.2, 0.25) is 0 Å². The summed E-state index contributed by atoms with van der Waals surface area (Å²) in [5.41, 5.74) is 2.36. The van der Waals surface area contributed by atoms with Gasteiger partial charge >= 0.3 is 5.79 Å². The van der Waals surface area contributed by atoms with Gasteiger partial charge in [-0.1, -0.05) is 60.7 Å². The summed E-state index contributed by atoms with van der Waals surface area (Å²) in [7, 11) is 0. The normalized spacial score (nSPS) is 14.4. The fourth-order valence-corrected chi connectivity index (χ4v) is 2.81. The summed E-state index contributed by atoms with van der Waals surface area (Å²) in [4.78, 5) is 11.0. The van der Waals surface area contributed by atoms with Crippen LogP contribution in [0.1, 0.15) is 21.5 Å². The first-order valence-electron chi connectivity index (χ1n) is 7.40. The van der Waals surface area contributed by atoms with Crippen molar-refractivity contribution in [1.29, 1.82) is 0 Å². The van der Waals surface area contributed by atoms with E-state index in [1.807, 2.05) is 60.7 Å². The average Bonchev–Trinajstić information content (AvgIpc) is 3.03. The van der Waals surface area contributed by atoms with Gasteiger partial charge in [-0.25, -0.2) is 0 Å². The third-order valence-corrected chi connectivity index (χ3v) is 3.92. The SMILES string of the molecule is O=Cc1ccc2c(c1)OC(c1ccccc1)(c1ccccc1)O2. The number of carbonyl (C=O) groups excluding carboxylic acids is 1. The number of hydrogen-bond donors (Lipinski definition) is 0. The molecule has 3 aromatic carbocycles. The minimum absolute atomic E-state index is 0.560. The predicted molar refractivity (Wildman–Crippen MR) is 86.7 cm³/mol. The van der Waals surface area contributed by atoms with Crippen LogP contribution in [0, 0.1) is 0 Å². The molecule has 1 heterocycles. The van der Waals surface area contributed by atoms with Crippen LogP contribution in [0.5, 0.6) is 11.5 Å². The number of benzene rings is 3. The highest BCUT2D eigenvalue weighted by Crippen LogP contribution is 2.47. The number of rotatable bonds is 3. The van der Waals surface area contributed by atoms with E-state index in [2.05, 4.69) is 0 Å². The molecule has 4 rings (SSSR count). The van der Waals surface area contributed by atoms with Crippen molar-refractivity contribution in [1.82, 2.24) is 0 Å². The highest BCUT2D eigenvalue weighted by molar-refractivity contribution is 5.76. The molecular formula is C20H14O3. The minimum atomic E-state index is -1.04. The third kappa shape index (κ3) is 2.18. The molecule has 0 saturated carbocycles. The molecule has 0 aliphatic carbocycles. The molecule has 3 heteroatoms. The first kappa shape index (κ1) is 13.6. The van der Waals surface area contributed by atoms with Crippen molar-refractivity contribution < 1.29 is 14.3 Å². The van der Waals surface area contributed by atoms with Crippen molar-refractivity contribution in [2.75, 3.05) is 0 Å². The standard InChI is InChI=1S/C20H14O3/c21-14-15-11-12-18-19(13-15)23-20(22-18,16-7-3-1-4-8-16)17-9-5-2-6-10-17/h1-14H. The molecule has 1 aliphatic rings. The first-order valence-corrected chi connectivity index (χ1v) is 7.40. The van der Waals surface area contributed by atoms with Gasteiger partial charge in [0.05, 0.1) is 0 Å². The zero-order valence-electron chi connectivity index (χ0n) is 12.3. The van der Waals surface area contributed by atoms with Crippen LogP contribution < -0.4 is 9.47 Å². The van der Waals surface area contributed by atoms with Crippen molar-refractivity contribution in [3.63, 3.8) is 0 Å². The maximum Gasteiger partial charge on any atom is 0.305 e. The molecule has 3 aromatic rings. The molecule has 0 bridgehead atoms. The molecule has 23 heavy (non-hydrogen) atoms. The summed E-state index contributed by atoms with van der Waals surface area (Å²) < 4.78 is 12.5. The summed E-state index contributed by atoms with van der Waals surface area (Å²) in [6.45, 7) is 0. The van der Waals surface area contributed by atoms with Gasteiger partial charge < -0.3 is 9.47 Å². The van der Waals surface area contributed by atoms with Crippen molar-refractivity contribution >= 4 is 6.29 Å². The van der Waals surface area contributed by atoms with Gasteiger partial charge in [0.1, 0.15) is 6.29 Å². The Hall–Kier alpha value is -3.07. The summed E-state index contributed by atoms with van der Waals surface area (Å²) in [6.07, 6.45) is 0.800. The second-order valence-corrected chi connectivity index (χ2v) is 5.38. The molecule has 0 radical (unpaired) electrons. The second-order valence-electron chi connectivity index (χ2n) is 5.38. The Morgan fingerprint density at radius 3 is 1.83 bits per heavy atom. The number of aldehydes is 1. The van der Waals surface area contributed by atoms with Gasteiger partial charge in [0.15, 0.2) is 11.5 Å². The molecule has 112 valence electrons. The van der Waals surface area contributed by atoms with Crippen molar-refractivity contribution in [2.45, 2.75) is 5.79 Å². The molecule has 1 aliphatic heterocycles. The van der Waals surface area contributed by atoms with Crippen LogP contribution in [0.25, 0.3) is 0 Å². The Kier molecular flexibility index (Phi) is 3.12. The summed E-state index contributed by atoms with van der Waals surface area (Å²) in [6, 6.07) is 24.8. The van der Waals surface area contributed by atoms with E-state index in [-0.39, 0.29) is 0 Å². The zero-order chi connectivity index (χ0) is 15.7. The first-order chi connectivity index (χ1) is 11.3. The lowest BCUT2D eigenvalue weighted by Gasteiger charge is -2.28. The maximum absolute atomic E-state index is 11.0. The van der Waals surface area contributed by atoms with Crippen LogP contribution in [0.15, 0.2) is 78.9 Å². The predicted octanol–water partition coefficient (Wildman–Crippen LogP) is 4.17. The molecule has 0 unspecified atom stereocenters. The van der Waals surface area contributed by atoms with Crippen LogP contribution in [0.3, 0.4) is 0 Å². The smallest absolute Gasteiger partial charge is 0.305 e. The third-order valence-electron chi connectivity index (χ3n) is 3.92. The summed E-state index contributed by atoms with van der Waals surface area (Å²) in [5, 5.41) is 0. The molecular weight excluding hydrogens is 288 g/mol. The highest BCUT2D eigenvalue weighted by Gasteiger charge is 2.45. The molecule has 0 amide bonds. The molecule has 0 saturated heterocycles. The number of hydrogen-bond acceptors (Lipinski definition) is 3. The Balaban J connectivity index is 1.88. The van der Waals surface area contributed by atoms with Gasteiger partial charge in [0.2, 0.25) is 0 Å². The lowest BCUT2D eigenvalue weighted by atomic mass is 9.97. The lowest BCUT2D eigenvalue weighted by Crippen LogP contribution is -2.36. The van der Waals surface area contributed by atoms with Gasteiger partial charge in [-0.2, -0.15) is 0 Å². The fraction of sp³-hybridized carbons (Fsp3) is 0.0500. The molecule has 0 aromatic heterocycles. The summed E-state index contributed by atoms with van der Waals surface area (Å²) >= 11 is 0. The summed E-state index contributed by atoms with van der Waals surface area (Å²) in [5.74, 6) is 0.164. The van der Waals surface area contributed by atoms with Gasteiger partial charge in [0.25, 0.3) is 0 Å². The number of ether oxygens (including phenoxy) is 2. The minimum Gasteiger partial charge on any atom is -0.440 e. The van der Waals surface area contributed by atoms with Crippen LogP contribution >= 0.6 is 0 Å². The molecule has 3 nitrogen and oxygen atoms in total. The second kappa shape index (κ2) is 5.29. The van der Waals surface area contributed by atoms with Gasteiger partial charge in [-0.15, -0.1) is 0 Å². The van der Waals surface area contributed by atoms with E-state index in [0.717, 1.165) is 17.4 Å². The van der Waals surface area contributed by atoms with Gasteiger partial charge in [-0.3, -0.25) is 4.79 Å². The Morgan fingerprint density at radius 2 is 1.26 bits per heavy atom. The van der Waals surface area contributed by atoms with Crippen molar-refractivity contribution in [2.24, 2.45) is 0 Å². The Bertz CT molecular complexity index is 802. The molecule has 0 N–H and O–H groups in total. The quantitative estimate of drug-likeness (QED) is 0.681. The van der Waals surface area contributed by atoms with Crippen LogP contribution in [-0.4, -0.2) is 6.29 Å². The largest absolute Gasteiger partial charge is 0.440 e. The van der Waals surface area contributed by atoms with Crippen molar-refractivity contribution in [3.05, 3.63) is 95.6 Å². The average molecular weight is 302 g/mol. The Morgan fingerprint density at radius 1 is 0.696 bits per heavy atom. The zero-order valence-corrected chi connectivity index (χ0v) is 12.3. The maximum atomic E-state index is 11.0. The van der Waals surface area contributed by atoms with E-state index >= 15 is 0 Å². The van der Waals surface area contributed by atoms with Crippen LogP contribution in [0.4, 0.5) is 0 Å². The van der Waals surface area contributed by atoms with E-state index < -0.39 is 5.79 Å². The molecule has 0 atom stereocenters. The molecule has 0 fully saturated rings. The van der Waals surface area contributed by atoms with Gasteiger partial charge in [-0.05, 0) is 18.2 Å². The number of fused-ring (bicyclic) bond motifs is 1. The van der Waals surface area contributed by atoms with E-state index in [4.69, 9.17) is 9.47 Å². The molecule has 0 spiro atoms. The highest BCUT2D eigenvalue weighted by atomic mass is 16.7. The Labute approximate surface area is 134 Å². The monoisotopic (exact) mass is 302 g/mol. The van der Waals surface area contributed by atoms with Gasteiger partial charge in [0, 0.05) is 16.7 Å². The van der Waals surface area contributed by atoms with E-state index in [0.29, 0.717) is 17.1 Å². The van der Waals surface area contributed by atoms with E-state index in [1.165, 1.54) is 0 Å². The number of carbonyl (C=O) groups is 1. The van der Waals surface area contributed by atoms with E-state index in [9.17, 15) is 4.79 Å². The van der Waals surface area contributed by atoms with E-state index in [1.54, 1.807) is 18.2 Å². The van der Waals surface area contributed by atoms with Crippen molar-refractivity contribution in [3.8, 4) is 11.5 Å². The fourth-order valence-electron chi connectivity index (χ4n) is 2.81. The topological polar surface area (TPSA) is 35.5 Å². The van der Waals surface area contributed by atoms with Crippen LogP contribution in [-0.2, 0) is 5.79 Å².